The minimum absolute atomic E-state index is 0.109. The second-order valence-electron chi connectivity index (χ2n) is 3.42. The predicted molar refractivity (Wildman–Crippen MR) is 57.3 cm³/mol. The van der Waals surface area contributed by atoms with E-state index in [1.165, 1.54) is 13.8 Å². The molecule has 0 heterocycles. The molecule has 0 atom stereocenters. The van der Waals surface area contributed by atoms with Crippen LogP contribution in [0.5, 0.6) is 0 Å². The van der Waals surface area contributed by atoms with Gasteiger partial charge in [0, 0.05) is 13.8 Å². The molecule has 7 heteroatoms. The maximum absolute atomic E-state index is 11.7. The number of ketones is 1. The van der Waals surface area contributed by atoms with E-state index < -0.39 is 17.7 Å². The normalized spacial score (nSPS) is 20.5. The van der Waals surface area contributed by atoms with Gasteiger partial charge in [-0.15, -0.1) is 0 Å². The molecule has 0 aliphatic heterocycles. The summed E-state index contributed by atoms with van der Waals surface area (Å²) in [6, 6.07) is 0. The molecule has 1 fully saturated rings. The first-order valence-electron chi connectivity index (χ1n) is 5.04. The number of hydrogen-bond donors (Lipinski definition) is 0. The standard InChI is InChI=1S/C10H12N2O5/c1-6(13)16-11-8-4-3-5-9(10(8)15)12-17-7(2)14/h3-5H2,1-2H3/b11-8-,12-9+. The monoisotopic (exact) mass is 240 g/mol. The molecule has 0 N–H and O–H groups in total. The fourth-order valence-electron chi connectivity index (χ4n) is 1.23. The van der Waals surface area contributed by atoms with Crippen molar-refractivity contribution in [2.45, 2.75) is 33.1 Å². The number of oxime groups is 2. The van der Waals surface area contributed by atoms with E-state index in [9.17, 15) is 14.4 Å². The maximum Gasteiger partial charge on any atom is 0.331 e. The van der Waals surface area contributed by atoms with Gasteiger partial charge in [-0.25, -0.2) is 9.59 Å². The minimum atomic E-state index is -0.602. The van der Waals surface area contributed by atoms with Crippen LogP contribution >= 0.6 is 0 Å². The molecule has 0 spiro atoms. The van der Waals surface area contributed by atoms with Crippen LogP contribution in [-0.4, -0.2) is 29.1 Å². The fraction of sp³-hybridized carbons (Fsp3) is 0.500. The number of Topliss-reactive ketones (excluding diaryl/α,β-unsaturated/α-hetero) is 1. The molecule has 1 rings (SSSR count). The SMILES string of the molecule is CC(=O)O/N=C1/CCC/C(=N\OC(C)=O)C1=O. The maximum atomic E-state index is 11.7. The van der Waals surface area contributed by atoms with Crippen molar-refractivity contribution in [3.63, 3.8) is 0 Å². The zero-order valence-electron chi connectivity index (χ0n) is 9.56. The van der Waals surface area contributed by atoms with Crippen molar-refractivity contribution in [2.75, 3.05) is 0 Å². The first kappa shape index (κ1) is 13.0. The zero-order valence-corrected chi connectivity index (χ0v) is 9.56. The summed E-state index contributed by atoms with van der Waals surface area (Å²) in [5.41, 5.74) is 0.217. The van der Waals surface area contributed by atoms with Crippen molar-refractivity contribution in [3.05, 3.63) is 0 Å². The lowest BCUT2D eigenvalue weighted by molar-refractivity contribution is -0.141. The van der Waals surface area contributed by atoms with Crippen LogP contribution in [-0.2, 0) is 24.1 Å². The second kappa shape index (κ2) is 5.88. The molecule has 0 aromatic rings. The van der Waals surface area contributed by atoms with E-state index in [2.05, 4.69) is 20.0 Å². The first-order valence-corrected chi connectivity index (χ1v) is 5.04. The smallest absolute Gasteiger partial charge is 0.318 e. The average Bonchev–Trinajstić information content (AvgIpc) is 2.25. The van der Waals surface area contributed by atoms with E-state index in [-0.39, 0.29) is 11.4 Å². The Morgan fingerprint density at radius 3 is 1.76 bits per heavy atom. The summed E-state index contributed by atoms with van der Waals surface area (Å²) in [6.07, 6.45) is 1.45. The van der Waals surface area contributed by atoms with Gasteiger partial charge in [0.2, 0.25) is 5.78 Å². The number of hydrogen-bond acceptors (Lipinski definition) is 7. The Hall–Kier alpha value is -2.05. The summed E-state index contributed by atoms with van der Waals surface area (Å²) in [4.78, 5) is 41.6. The van der Waals surface area contributed by atoms with Crippen LogP contribution in [0.15, 0.2) is 10.3 Å². The van der Waals surface area contributed by atoms with Gasteiger partial charge in [-0.05, 0) is 19.3 Å². The highest BCUT2D eigenvalue weighted by molar-refractivity contribution is 6.67. The van der Waals surface area contributed by atoms with Crippen molar-refractivity contribution in [1.82, 2.24) is 0 Å². The van der Waals surface area contributed by atoms with Gasteiger partial charge in [0.1, 0.15) is 11.4 Å². The summed E-state index contributed by atoms with van der Waals surface area (Å²) in [7, 11) is 0. The Labute approximate surface area is 97.4 Å². The van der Waals surface area contributed by atoms with E-state index in [1.807, 2.05) is 0 Å². The van der Waals surface area contributed by atoms with Crippen LogP contribution in [0.1, 0.15) is 33.1 Å². The van der Waals surface area contributed by atoms with Gasteiger partial charge in [-0.3, -0.25) is 4.79 Å². The molecule has 1 saturated carbocycles. The average molecular weight is 240 g/mol. The van der Waals surface area contributed by atoms with Crippen LogP contribution in [0.2, 0.25) is 0 Å². The van der Waals surface area contributed by atoms with Gasteiger partial charge >= 0.3 is 11.9 Å². The molecular formula is C10H12N2O5. The van der Waals surface area contributed by atoms with Crippen molar-refractivity contribution in [2.24, 2.45) is 10.3 Å². The van der Waals surface area contributed by atoms with Crippen LogP contribution in [0.25, 0.3) is 0 Å². The fourth-order valence-corrected chi connectivity index (χ4v) is 1.23. The molecule has 0 radical (unpaired) electrons. The van der Waals surface area contributed by atoms with Crippen LogP contribution < -0.4 is 0 Å². The van der Waals surface area contributed by atoms with Crippen LogP contribution in [0.4, 0.5) is 0 Å². The van der Waals surface area contributed by atoms with Gasteiger partial charge in [-0.2, -0.15) is 0 Å². The zero-order chi connectivity index (χ0) is 12.8. The van der Waals surface area contributed by atoms with E-state index in [0.29, 0.717) is 19.3 Å². The molecule has 0 aromatic carbocycles. The number of carbonyl (C=O) groups is 3. The third kappa shape index (κ3) is 4.13. The third-order valence-corrected chi connectivity index (χ3v) is 1.92. The number of carbonyl (C=O) groups excluding carboxylic acids is 3. The highest BCUT2D eigenvalue weighted by Crippen LogP contribution is 2.11. The van der Waals surface area contributed by atoms with Gasteiger partial charge in [0.05, 0.1) is 0 Å². The number of nitrogens with zero attached hydrogens (tertiary/aromatic N) is 2. The quantitative estimate of drug-likeness (QED) is 0.519. The van der Waals surface area contributed by atoms with Crippen molar-refractivity contribution in [1.29, 1.82) is 0 Å². The summed E-state index contributed by atoms with van der Waals surface area (Å²) in [6.45, 7) is 2.37. The highest BCUT2D eigenvalue weighted by atomic mass is 16.7. The van der Waals surface area contributed by atoms with Gasteiger partial charge in [-0.1, -0.05) is 10.3 Å². The Bertz CT molecular complexity index is 375. The first-order chi connectivity index (χ1) is 8.00. The second-order valence-corrected chi connectivity index (χ2v) is 3.42. The highest BCUT2D eigenvalue weighted by Gasteiger charge is 2.25. The van der Waals surface area contributed by atoms with E-state index in [1.54, 1.807) is 0 Å². The molecule has 0 amide bonds. The summed E-state index contributed by atoms with van der Waals surface area (Å²) < 4.78 is 0. The van der Waals surface area contributed by atoms with Gasteiger partial charge < -0.3 is 9.68 Å². The molecule has 17 heavy (non-hydrogen) atoms. The Kier molecular flexibility index (Phi) is 4.50. The predicted octanol–water partition coefficient (Wildman–Crippen LogP) is 0.578. The molecule has 0 unspecified atom stereocenters. The molecular weight excluding hydrogens is 228 g/mol. The summed E-state index contributed by atoms with van der Waals surface area (Å²) in [5, 5.41) is 6.87. The largest absolute Gasteiger partial charge is 0.331 e. The minimum Gasteiger partial charge on any atom is -0.318 e. The van der Waals surface area contributed by atoms with Crippen molar-refractivity contribution < 1.29 is 24.1 Å². The molecule has 1 aliphatic rings. The molecule has 1 aliphatic carbocycles. The number of rotatable bonds is 2. The topological polar surface area (TPSA) is 94.4 Å². The van der Waals surface area contributed by atoms with Crippen LogP contribution in [0, 0.1) is 0 Å². The Morgan fingerprint density at radius 2 is 1.41 bits per heavy atom. The van der Waals surface area contributed by atoms with Crippen molar-refractivity contribution in [3.8, 4) is 0 Å². The molecule has 0 aromatic heterocycles. The lowest BCUT2D eigenvalue weighted by Gasteiger charge is -2.12. The lowest BCUT2D eigenvalue weighted by Crippen LogP contribution is -2.29. The summed E-state index contributed by atoms with van der Waals surface area (Å²) in [5.74, 6) is -1.66. The summed E-state index contributed by atoms with van der Waals surface area (Å²) >= 11 is 0. The van der Waals surface area contributed by atoms with E-state index in [4.69, 9.17) is 0 Å². The Balaban J connectivity index is 2.75. The molecule has 0 bridgehead atoms. The third-order valence-electron chi connectivity index (χ3n) is 1.92. The molecule has 0 saturated heterocycles. The van der Waals surface area contributed by atoms with E-state index >= 15 is 0 Å². The molecule has 7 nitrogen and oxygen atoms in total. The molecule has 92 valence electrons. The van der Waals surface area contributed by atoms with Crippen molar-refractivity contribution >= 4 is 29.1 Å². The Morgan fingerprint density at radius 1 is 1.00 bits per heavy atom. The van der Waals surface area contributed by atoms with Crippen LogP contribution in [0.3, 0.4) is 0 Å². The van der Waals surface area contributed by atoms with Gasteiger partial charge in [0.15, 0.2) is 0 Å². The van der Waals surface area contributed by atoms with E-state index in [0.717, 1.165) is 0 Å². The lowest BCUT2D eigenvalue weighted by atomic mass is 9.95. The van der Waals surface area contributed by atoms with Gasteiger partial charge in [0.25, 0.3) is 0 Å².